The van der Waals surface area contributed by atoms with E-state index in [0.29, 0.717) is 11.6 Å². The molecule has 0 aliphatic carbocycles. The van der Waals surface area contributed by atoms with Gasteiger partial charge < -0.3 is 18.9 Å². The van der Waals surface area contributed by atoms with E-state index in [1.165, 1.54) is 0 Å². The lowest BCUT2D eigenvalue weighted by atomic mass is 9.77. The van der Waals surface area contributed by atoms with Crippen molar-refractivity contribution in [2.24, 2.45) is 0 Å². The first-order valence-corrected chi connectivity index (χ1v) is 22.0. The van der Waals surface area contributed by atoms with Crippen LogP contribution in [0.25, 0.3) is 45.0 Å². The van der Waals surface area contributed by atoms with E-state index in [1.54, 1.807) is 38.0 Å². The van der Waals surface area contributed by atoms with Crippen LogP contribution < -0.4 is 0 Å². The molecule has 0 radical (unpaired) electrons. The molecule has 0 aliphatic rings. The molecule has 2 aromatic heterocycles. The number of tetrazole rings is 2. The lowest BCUT2D eigenvalue weighted by Gasteiger charge is -2.34. The van der Waals surface area contributed by atoms with E-state index in [0.717, 1.165) is 61.2 Å². The molecule has 0 saturated carbocycles. The average Bonchev–Trinajstić information content (AvgIpc) is 4.09. The maximum Gasteiger partial charge on any atom is 0.205 e. The molecule has 67 heavy (non-hydrogen) atoms. The van der Waals surface area contributed by atoms with E-state index >= 15 is 0 Å². The molecule has 0 aliphatic heterocycles. The quantitative estimate of drug-likeness (QED) is 0.0770. The van der Waals surface area contributed by atoms with Crippen molar-refractivity contribution in [2.45, 2.75) is 44.4 Å². The molecule has 0 saturated heterocycles. The Hall–Kier alpha value is -7.48. The third kappa shape index (κ3) is 9.74. The molecule has 12 nitrogen and oxygen atoms in total. The molecular weight excluding hydrogens is 837 g/mol. The van der Waals surface area contributed by atoms with Gasteiger partial charge in [0.2, 0.25) is 11.6 Å². The van der Waals surface area contributed by atoms with Gasteiger partial charge in [-0.3, -0.25) is 0 Å². The fourth-order valence-corrected chi connectivity index (χ4v) is 8.19. The summed E-state index contributed by atoms with van der Waals surface area (Å²) in [5.74, 6) is 1.16. The molecule has 0 amide bonds. The van der Waals surface area contributed by atoms with Crippen LogP contribution in [0.5, 0.6) is 0 Å². The maximum atomic E-state index is 5.41. The van der Waals surface area contributed by atoms with Gasteiger partial charge in [0, 0.05) is 50.7 Å². The number of rotatable bonds is 14. The minimum absolute atomic E-state index is 0.211. The summed E-state index contributed by atoms with van der Waals surface area (Å²) in [6.45, 7) is 6.14. The summed E-state index contributed by atoms with van der Waals surface area (Å²) in [7, 11) is 6.52. The molecule has 0 N–H and O–H groups in total. The molecule has 7 aromatic carbocycles. The molecule has 0 fully saturated rings. The molecular formula is C55H54N8O4. The predicted octanol–water partition coefficient (Wildman–Crippen LogP) is 11.2. The summed E-state index contributed by atoms with van der Waals surface area (Å²) >= 11 is 0. The minimum atomic E-state index is -0.832. The molecule has 9 rings (SSSR count). The van der Waals surface area contributed by atoms with Gasteiger partial charge >= 0.3 is 0 Å². The summed E-state index contributed by atoms with van der Waals surface area (Å²) < 4.78 is 21.4. The molecule has 0 atom stereocenters. The minimum Gasteiger partial charge on any atom is -0.352 e. The Kier molecular flexibility index (Phi) is 14.3. The van der Waals surface area contributed by atoms with Crippen LogP contribution in [0.15, 0.2) is 188 Å². The highest BCUT2D eigenvalue weighted by Crippen LogP contribution is 2.41. The summed E-state index contributed by atoms with van der Waals surface area (Å²) in [5.41, 5.74) is 9.99. The summed E-state index contributed by atoms with van der Waals surface area (Å²) in [6, 6.07) is 63.5. The number of ether oxygens (including phenoxy) is 4. The first kappa shape index (κ1) is 46.1. The smallest absolute Gasteiger partial charge is 0.205 e. The van der Waals surface area contributed by atoms with E-state index in [9.17, 15) is 0 Å². The van der Waals surface area contributed by atoms with Crippen LogP contribution in [0.1, 0.15) is 61.2 Å². The number of methoxy groups -OCH3 is 4. The highest BCUT2D eigenvalue weighted by molar-refractivity contribution is 5.81. The monoisotopic (exact) mass is 890 g/mol. The highest BCUT2D eigenvalue weighted by Gasteiger charge is 2.41. The molecule has 12 heteroatoms. The molecule has 2 heterocycles. The number of nitrogens with zero attached hydrogens (tertiary/aromatic N) is 8. The van der Waals surface area contributed by atoms with Crippen LogP contribution in [-0.4, -0.2) is 68.9 Å². The normalized spacial score (nSPS) is 11.7. The van der Waals surface area contributed by atoms with Crippen LogP contribution in [0.2, 0.25) is 0 Å². The van der Waals surface area contributed by atoms with Gasteiger partial charge in [0.25, 0.3) is 0 Å². The van der Waals surface area contributed by atoms with Crippen molar-refractivity contribution >= 4 is 0 Å². The van der Waals surface area contributed by atoms with Gasteiger partial charge in [0.15, 0.2) is 18.1 Å². The zero-order chi connectivity index (χ0) is 46.8. The Bertz CT molecular complexity index is 2850. The number of hydrogen-bond acceptors (Lipinski definition) is 10. The van der Waals surface area contributed by atoms with E-state index in [1.807, 2.05) is 148 Å². The number of benzene rings is 7. The van der Waals surface area contributed by atoms with Crippen LogP contribution in [0.3, 0.4) is 0 Å². The van der Waals surface area contributed by atoms with Gasteiger partial charge in [-0.25, -0.2) is 0 Å². The van der Waals surface area contributed by atoms with E-state index in [-0.39, 0.29) is 11.8 Å². The number of aromatic nitrogens is 8. The van der Waals surface area contributed by atoms with Crippen molar-refractivity contribution in [2.75, 3.05) is 28.4 Å². The predicted molar refractivity (Wildman–Crippen MR) is 260 cm³/mol. The van der Waals surface area contributed by atoms with Gasteiger partial charge in [-0.2, -0.15) is 4.80 Å². The fourth-order valence-electron chi connectivity index (χ4n) is 8.19. The summed E-state index contributed by atoms with van der Waals surface area (Å²) in [6.07, 6.45) is -0.782. The van der Waals surface area contributed by atoms with E-state index < -0.39 is 11.8 Å². The molecule has 9 aromatic rings. The third-order valence-electron chi connectivity index (χ3n) is 11.5. The van der Waals surface area contributed by atoms with Crippen molar-refractivity contribution in [1.29, 1.82) is 0 Å². The second-order valence-electron chi connectivity index (χ2n) is 16.7. The lowest BCUT2D eigenvalue weighted by Crippen LogP contribution is -2.39. The Morgan fingerprint density at radius 1 is 0.373 bits per heavy atom. The van der Waals surface area contributed by atoms with Gasteiger partial charge in [-0.15, -0.1) is 25.2 Å². The Morgan fingerprint density at radius 3 is 1.01 bits per heavy atom. The van der Waals surface area contributed by atoms with Gasteiger partial charge in [-0.05, 0) is 70.1 Å². The van der Waals surface area contributed by atoms with Crippen molar-refractivity contribution in [3.63, 3.8) is 0 Å². The Balaban J connectivity index is 0.000000202. The standard InChI is InChI=1S/C35H30N4O2.C20H24N4O2/c1-40-34(41-2)27-24-22-26(23-25-27)31-20-12-13-21-32(31)33-36-38-39(37-33)35(28-14-6-3-7-15-28,29-16-8-4-9-17-29)30-18-10-5-11-19-30;1-20(2,3)24-22-18(21-23-24)17-9-7-6-8-16(17)14-10-12-15(13-11-14)19(25-4)26-5/h3-25,34H,1-2H3;6-13,19H,1-5H3. The summed E-state index contributed by atoms with van der Waals surface area (Å²) in [5, 5.41) is 27.5. The van der Waals surface area contributed by atoms with Crippen molar-refractivity contribution in [3.8, 4) is 45.0 Å². The molecule has 0 bridgehead atoms. The number of hydrogen-bond donors (Lipinski definition) is 0. The largest absolute Gasteiger partial charge is 0.352 e. The van der Waals surface area contributed by atoms with Crippen LogP contribution in [0.4, 0.5) is 0 Å². The second-order valence-corrected chi connectivity index (χ2v) is 16.7. The van der Waals surface area contributed by atoms with Crippen molar-refractivity contribution < 1.29 is 18.9 Å². The highest BCUT2D eigenvalue weighted by atomic mass is 16.7. The van der Waals surface area contributed by atoms with Crippen LogP contribution in [-0.2, 0) is 30.0 Å². The first-order chi connectivity index (χ1) is 32.7. The Labute approximate surface area is 391 Å². The summed E-state index contributed by atoms with van der Waals surface area (Å²) in [4.78, 5) is 3.40. The first-order valence-electron chi connectivity index (χ1n) is 22.0. The Morgan fingerprint density at radius 2 is 0.687 bits per heavy atom. The van der Waals surface area contributed by atoms with E-state index in [4.69, 9.17) is 29.3 Å². The van der Waals surface area contributed by atoms with Crippen LogP contribution in [0, 0.1) is 0 Å². The van der Waals surface area contributed by atoms with Crippen LogP contribution >= 0.6 is 0 Å². The zero-order valence-corrected chi connectivity index (χ0v) is 38.8. The zero-order valence-electron chi connectivity index (χ0n) is 38.8. The SMILES string of the molecule is COC(OC)c1ccc(-c2ccccc2-c2nnn(C(C)(C)C)n2)cc1.COC(OC)c1ccc(-c2ccccc2-c2nnn(C(c3ccccc3)(c3ccccc3)c3ccccc3)n2)cc1. The van der Waals surface area contributed by atoms with Gasteiger partial charge in [0.1, 0.15) is 0 Å². The molecule has 0 unspecified atom stereocenters. The van der Waals surface area contributed by atoms with E-state index in [2.05, 4.69) is 81.2 Å². The maximum absolute atomic E-state index is 5.41. The van der Waals surface area contributed by atoms with Gasteiger partial charge in [-0.1, -0.05) is 188 Å². The van der Waals surface area contributed by atoms with Gasteiger partial charge in [0.05, 0.1) is 5.54 Å². The fraction of sp³-hybridized carbons (Fsp3) is 0.200. The van der Waals surface area contributed by atoms with Crippen molar-refractivity contribution in [1.82, 2.24) is 40.4 Å². The molecule has 0 spiro atoms. The lowest BCUT2D eigenvalue weighted by molar-refractivity contribution is -0.106. The third-order valence-corrected chi connectivity index (χ3v) is 11.5. The van der Waals surface area contributed by atoms with Crippen molar-refractivity contribution in [3.05, 3.63) is 216 Å². The topological polar surface area (TPSA) is 124 Å². The second kappa shape index (κ2) is 20.8. The average molecular weight is 891 g/mol. The molecule has 338 valence electrons.